The summed E-state index contributed by atoms with van der Waals surface area (Å²) >= 11 is 0. The molecule has 2 heterocycles. The highest BCUT2D eigenvalue weighted by Gasteiger charge is 2.41. The molecule has 0 fully saturated rings. The number of benzene rings is 1. The SMILES string of the molecule is CN1C=C2C(=O)N(C)C(c3ccccc3)=C2C1=O. The van der Waals surface area contributed by atoms with E-state index in [4.69, 9.17) is 0 Å². The summed E-state index contributed by atoms with van der Waals surface area (Å²) < 4.78 is 0. The van der Waals surface area contributed by atoms with Gasteiger partial charge in [0.05, 0.1) is 16.8 Å². The first-order valence-corrected chi connectivity index (χ1v) is 5.68. The maximum absolute atomic E-state index is 12.1. The first-order chi connectivity index (χ1) is 8.61. The summed E-state index contributed by atoms with van der Waals surface area (Å²) in [5.41, 5.74) is 2.58. The predicted molar refractivity (Wildman–Crippen MR) is 67.0 cm³/mol. The van der Waals surface area contributed by atoms with Crippen molar-refractivity contribution in [3.63, 3.8) is 0 Å². The molecule has 0 spiro atoms. The number of carbonyl (C=O) groups excluding carboxylic acids is 2. The van der Waals surface area contributed by atoms with E-state index in [1.807, 2.05) is 30.3 Å². The second-order valence-corrected chi connectivity index (χ2v) is 4.41. The van der Waals surface area contributed by atoms with Crippen molar-refractivity contribution >= 4 is 17.5 Å². The Morgan fingerprint density at radius 3 is 2.28 bits per heavy atom. The van der Waals surface area contributed by atoms with Crippen molar-refractivity contribution in [2.45, 2.75) is 0 Å². The molecule has 0 N–H and O–H groups in total. The largest absolute Gasteiger partial charge is 0.317 e. The lowest BCUT2D eigenvalue weighted by molar-refractivity contribution is -0.123. The Morgan fingerprint density at radius 2 is 1.61 bits per heavy atom. The topological polar surface area (TPSA) is 40.6 Å². The van der Waals surface area contributed by atoms with Crippen molar-refractivity contribution in [1.29, 1.82) is 0 Å². The van der Waals surface area contributed by atoms with Crippen molar-refractivity contribution < 1.29 is 9.59 Å². The van der Waals surface area contributed by atoms with Gasteiger partial charge in [-0.2, -0.15) is 0 Å². The van der Waals surface area contributed by atoms with E-state index in [2.05, 4.69) is 0 Å². The van der Waals surface area contributed by atoms with Gasteiger partial charge in [-0.25, -0.2) is 0 Å². The van der Waals surface area contributed by atoms with Crippen LogP contribution in [0.5, 0.6) is 0 Å². The standard InChI is InChI=1S/C14H12N2O2/c1-15-8-10-11(14(15)18)12(16(2)13(10)17)9-6-4-3-5-7-9/h3-8H,1-2H3. The number of carbonyl (C=O) groups is 2. The smallest absolute Gasteiger partial charge is 0.260 e. The molecule has 0 aromatic heterocycles. The zero-order valence-corrected chi connectivity index (χ0v) is 10.2. The van der Waals surface area contributed by atoms with Gasteiger partial charge in [0, 0.05) is 20.3 Å². The first-order valence-electron chi connectivity index (χ1n) is 5.68. The molecule has 0 unspecified atom stereocenters. The van der Waals surface area contributed by atoms with Gasteiger partial charge < -0.3 is 9.80 Å². The second kappa shape index (κ2) is 3.57. The molecule has 4 nitrogen and oxygen atoms in total. The number of hydrogen-bond acceptors (Lipinski definition) is 2. The van der Waals surface area contributed by atoms with Crippen LogP contribution in [0.2, 0.25) is 0 Å². The Labute approximate surface area is 105 Å². The van der Waals surface area contributed by atoms with Gasteiger partial charge in [0.1, 0.15) is 0 Å². The molecule has 1 aromatic carbocycles. The number of likely N-dealkylation sites (N-methyl/N-ethyl adjacent to an activating group) is 2. The van der Waals surface area contributed by atoms with E-state index in [1.54, 1.807) is 25.2 Å². The lowest BCUT2D eigenvalue weighted by Crippen LogP contribution is -2.22. The molecule has 0 atom stereocenters. The van der Waals surface area contributed by atoms with Crippen molar-refractivity contribution in [3.8, 4) is 0 Å². The van der Waals surface area contributed by atoms with Gasteiger partial charge in [0.25, 0.3) is 11.8 Å². The molecule has 2 amide bonds. The molecule has 18 heavy (non-hydrogen) atoms. The number of fused-ring (bicyclic) bond motifs is 1. The van der Waals surface area contributed by atoms with Crippen LogP contribution in [0, 0.1) is 0 Å². The van der Waals surface area contributed by atoms with E-state index < -0.39 is 0 Å². The number of rotatable bonds is 1. The minimum absolute atomic E-state index is 0.124. The summed E-state index contributed by atoms with van der Waals surface area (Å²) in [6.07, 6.45) is 1.60. The van der Waals surface area contributed by atoms with Crippen LogP contribution in [0.3, 0.4) is 0 Å². The zero-order chi connectivity index (χ0) is 12.9. The molecule has 0 aliphatic carbocycles. The van der Waals surface area contributed by atoms with Crippen molar-refractivity contribution in [3.05, 3.63) is 53.2 Å². The molecule has 4 heteroatoms. The third-order valence-electron chi connectivity index (χ3n) is 3.28. The average molecular weight is 240 g/mol. The minimum atomic E-state index is -0.124. The first kappa shape index (κ1) is 10.8. The number of nitrogens with zero attached hydrogens (tertiary/aromatic N) is 2. The molecule has 2 aliphatic heterocycles. The molecule has 0 saturated carbocycles. The maximum atomic E-state index is 12.1. The summed E-state index contributed by atoms with van der Waals surface area (Å²) in [6.45, 7) is 0. The molecule has 3 rings (SSSR count). The normalized spacial score (nSPS) is 18.7. The average Bonchev–Trinajstić information content (AvgIpc) is 2.80. The highest BCUT2D eigenvalue weighted by molar-refractivity contribution is 6.24. The monoisotopic (exact) mass is 240 g/mol. The Hall–Kier alpha value is -2.36. The molecular formula is C14H12N2O2. The van der Waals surface area contributed by atoms with Crippen LogP contribution in [0.15, 0.2) is 47.7 Å². The fourth-order valence-electron chi connectivity index (χ4n) is 2.38. The third kappa shape index (κ3) is 1.26. The summed E-state index contributed by atoms with van der Waals surface area (Å²) in [6, 6.07) is 9.50. The quantitative estimate of drug-likeness (QED) is 0.740. The second-order valence-electron chi connectivity index (χ2n) is 4.41. The third-order valence-corrected chi connectivity index (χ3v) is 3.28. The highest BCUT2D eigenvalue weighted by Crippen LogP contribution is 2.38. The number of hydrogen-bond donors (Lipinski definition) is 0. The Bertz CT molecular complexity index is 614. The van der Waals surface area contributed by atoms with E-state index in [0.29, 0.717) is 16.8 Å². The van der Waals surface area contributed by atoms with Gasteiger partial charge >= 0.3 is 0 Å². The van der Waals surface area contributed by atoms with Gasteiger partial charge in [-0.05, 0) is 5.56 Å². The van der Waals surface area contributed by atoms with Crippen LogP contribution in [-0.4, -0.2) is 35.7 Å². The Balaban J connectivity index is 2.24. The van der Waals surface area contributed by atoms with E-state index in [1.165, 1.54) is 4.90 Å². The summed E-state index contributed by atoms with van der Waals surface area (Å²) in [4.78, 5) is 27.2. The Morgan fingerprint density at radius 1 is 0.944 bits per heavy atom. The molecule has 0 bridgehead atoms. The van der Waals surface area contributed by atoms with Crippen LogP contribution < -0.4 is 0 Å². The van der Waals surface area contributed by atoms with Gasteiger partial charge in [-0.3, -0.25) is 9.59 Å². The molecule has 0 radical (unpaired) electrons. The lowest BCUT2D eigenvalue weighted by Gasteiger charge is -2.16. The van der Waals surface area contributed by atoms with Gasteiger partial charge in [-0.1, -0.05) is 30.3 Å². The van der Waals surface area contributed by atoms with Crippen molar-refractivity contribution in [1.82, 2.24) is 9.80 Å². The summed E-state index contributed by atoms with van der Waals surface area (Å²) in [5.74, 6) is -0.247. The summed E-state index contributed by atoms with van der Waals surface area (Å²) in [5, 5.41) is 0. The Kier molecular flexibility index (Phi) is 2.13. The van der Waals surface area contributed by atoms with Crippen LogP contribution in [0.1, 0.15) is 5.56 Å². The molecule has 1 aromatic rings. The fraction of sp³-hybridized carbons (Fsp3) is 0.143. The van der Waals surface area contributed by atoms with Crippen LogP contribution >= 0.6 is 0 Å². The van der Waals surface area contributed by atoms with E-state index in [9.17, 15) is 9.59 Å². The van der Waals surface area contributed by atoms with Crippen molar-refractivity contribution in [2.75, 3.05) is 14.1 Å². The van der Waals surface area contributed by atoms with E-state index >= 15 is 0 Å². The van der Waals surface area contributed by atoms with Crippen LogP contribution in [0.4, 0.5) is 0 Å². The predicted octanol–water partition coefficient (Wildman–Crippen LogP) is 1.23. The van der Waals surface area contributed by atoms with Gasteiger partial charge in [-0.15, -0.1) is 0 Å². The number of amides is 2. The zero-order valence-electron chi connectivity index (χ0n) is 10.2. The van der Waals surface area contributed by atoms with E-state index in [0.717, 1.165) is 5.56 Å². The van der Waals surface area contributed by atoms with Crippen molar-refractivity contribution in [2.24, 2.45) is 0 Å². The summed E-state index contributed by atoms with van der Waals surface area (Å²) in [7, 11) is 3.36. The van der Waals surface area contributed by atoms with Gasteiger partial charge in [0.2, 0.25) is 0 Å². The fourth-order valence-corrected chi connectivity index (χ4v) is 2.38. The maximum Gasteiger partial charge on any atom is 0.260 e. The van der Waals surface area contributed by atoms with Crippen LogP contribution in [0.25, 0.3) is 5.70 Å². The van der Waals surface area contributed by atoms with Crippen LogP contribution in [-0.2, 0) is 9.59 Å². The van der Waals surface area contributed by atoms with Gasteiger partial charge in [0.15, 0.2) is 0 Å². The highest BCUT2D eigenvalue weighted by atomic mass is 16.2. The molecule has 2 aliphatic rings. The lowest BCUT2D eigenvalue weighted by atomic mass is 10.1. The minimum Gasteiger partial charge on any atom is -0.317 e. The molecular weight excluding hydrogens is 228 g/mol. The molecule has 90 valence electrons. The molecule has 0 saturated heterocycles. The van der Waals surface area contributed by atoms with E-state index in [-0.39, 0.29) is 11.8 Å².